The van der Waals surface area contributed by atoms with Gasteiger partial charge in [-0.05, 0) is 24.1 Å². The third-order valence-corrected chi connectivity index (χ3v) is 2.92. The first-order chi connectivity index (χ1) is 7.12. The van der Waals surface area contributed by atoms with Crippen molar-refractivity contribution in [2.75, 3.05) is 13.2 Å². The van der Waals surface area contributed by atoms with Crippen LogP contribution in [0.2, 0.25) is 5.02 Å². The summed E-state index contributed by atoms with van der Waals surface area (Å²) in [5.74, 6) is -0.788. The SMILES string of the molecule is O=C(O)C1(Cc2ccc(Cl)cc2)COC1. The molecule has 0 aliphatic carbocycles. The summed E-state index contributed by atoms with van der Waals surface area (Å²) in [6.45, 7) is 0.593. The topological polar surface area (TPSA) is 46.5 Å². The molecule has 1 heterocycles. The Morgan fingerprint density at radius 3 is 2.40 bits per heavy atom. The summed E-state index contributed by atoms with van der Waals surface area (Å²) >= 11 is 5.75. The number of benzene rings is 1. The number of carboxylic acid groups (broad SMARTS) is 1. The van der Waals surface area contributed by atoms with Gasteiger partial charge in [0.05, 0.1) is 13.2 Å². The van der Waals surface area contributed by atoms with Crippen molar-refractivity contribution in [2.24, 2.45) is 5.41 Å². The summed E-state index contributed by atoms with van der Waals surface area (Å²) in [6.07, 6.45) is 0.500. The monoisotopic (exact) mass is 226 g/mol. The van der Waals surface area contributed by atoms with Crippen molar-refractivity contribution in [2.45, 2.75) is 6.42 Å². The van der Waals surface area contributed by atoms with Gasteiger partial charge in [0, 0.05) is 5.02 Å². The lowest BCUT2D eigenvalue weighted by atomic mass is 9.80. The number of carboxylic acids is 1. The molecule has 0 amide bonds. The Morgan fingerprint density at radius 2 is 2.00 bits per heavy atom. The summed E-state index contributed by atoms with van der Waals surface area (Å²) < 4.78 is 4.99. The Morgan fingerprint density at radius 1 is 1.40 bits per heavy atom. The van der Waals surface area contributed by atoms with E-state index in [0.717, 1.165) is 5.56 Å². The van der Waals surface area contributed by atoms with Crippen LogP contribution in [0.4, 0.5) is 0 Å². The summed E-state index contributed by atoms with van der Waals surface area (Å²) in [4.78, 5) is 11.1. The van der Waals surface area contributed by atoms with Crippen molar-refractivity contribution in [3.8, 4) is 0 Å². The second kappa shape index (κ2) is 3.83. The first-order valence-corrected chi connectivity index (χ1v) is 5.06. The zero-order valence-corrected chi connectivity index (χ0v) is 8.83. The van der Waals surface area contributed by atoms with Gasteiger partial charge in [-0.1, -0.05) is 23.7 Å². The summed E-state index contributed by atoms with van der Waals surface area (Å²) in [5, 5.41) is 9.75. The molecule has 1 aliphatic heterocycles. The van der Waals surface area contributed by atoms with Gasteiger partial charge in [-0.2, -0.15) is 0 Å². The quantitative estimate of drug-likeness (QED) is 0.858. The molecule has 3 nitrogen and oxygen atoms in total. The van der Waals surface area contributed by atoms with Gasteiger partial charge in [0.2, 0.25) is 0 Å². The molecular weight excluding hydrogens is 216 g/mol. The summed E-state index contributed by atoms with van der Waals surface area (Å²) in [7, 11) is 0. The number of hydrogen-bond donors (Lipinski definition) is 1. The second-order valence-corrected chi connectivity index (χ2v) is 4.32. The van der Waals surface area contributed by atoms with Crippen LogP contribution in [0.5, 0.6) is 0 Å². The van der Waals surface area contributed by atoms with E-state index in [1.165, 1.54) is 0 Å². The predicted molar refractivity (Wildman–Crippen MR) is 56.0 cm³/mol. The molecule has 15 heavy (non-hydrogen) atoms. The second-order valence-electron chi connectivity index (χ2n) is 3.88. The third kappa shape index (κ3) is 1.98. The molecule has 1 fully saturated rings. The van der Waals surface area contributed by atoms with E-state index in [-0.39, 0.29) is 0 Å². The molecule has 80 valence electrons. The van der Waals surface area contributed by atoms with Gasteiger partial charge in [0.15, 0.2) is 0 Å². The van der Waals surface area contributed by atoms with E-state index >= 15 is 0 Å². The summed E-state index contributed by atoms with van der Waals surface area (Å²) in [6, 6.07) is 7.24. The van der Waals surface area contributed by atoms with Gasteiger partial charge in [-0.15, -0.1) is 0 Å². The van der Waals surface area contributed by atoms with Crippen molar-refractivity contribution in [1.82, 2.24) is 0 Å². The average molecular weight is 227 g/mol. The first-order valence-electron chi connectivity index (χ1n) is 4.68. The number of ether oxygens (including phenoxy) is 1. The number of hydrogen-bond acceptors (Lipinski definition) is 2. The molecule has 0 bridgehead atoms. The fourth-order valence-electron chi connectivity index (χ4n) is 1.64. The molecular formula is C11H11ClO3. The highest BCUT2D eigenvalue weighted by atomic mass is 35.5. The Balaban J connectivity index is 2.13. The molecule has 0 atom stereocenters. The van der Waals surface area contributed by atoms with E-state index in [1.54, 1.807) is 12.1 Å². The lowest BCUT2D eigenvalue weighted by Crippen LogP contribution is -2.50. The van der Waals surface area contributed by atoms with Gasteiger partial charge in [-0.25, -0.2) is 0 Å². The van der Waals surface area contributed by atoms with Crippen LogP contribution >= 0.6 is 11.6 Å². The maximum absolute atomic E-state index is 11.1. The maximum Gasteiger partial charge on any atom is 0.314 e. The highest BCUT2D eigenvalue weighted by Crippen LogP contribution is 2.32. The smallest absolute Gasteiger partial charge is 0.314 e. The van der Waals surface area contributed by atoms with E-state index in [4.69, 9.17) is 21.4 Å². The van der Waals surface area contributed by atoms with Crippen LogP contribution < -0.4 is 0 Å². The van der Waals surface area contributed by atoms with Crippen LogP contribution in [0.25, 0.3) is 0 Å². The van der Waals surface area contributed by atoms with Crippen molar-refractivity contribution >= 4 is 17.6 Å². The Bertz CT molecular complexity index is 368. The van der Waals surface area contributed by atoms with E-state index in [2.05, 4.69) is 0 Å². The van der Waals surface area contributed by atoms with Crippen LogP contribution in [0.3, 0.4) is 0 Å². The zero-order valence-electron chi connectivity index (χ0n) is 8.07. The fourth-order valence-corrected chi connectivity index (χ4v) is 1.77. The van der Waals surface area contributed by atoms with Crippen molar-refractivity contribution in [1.29, 1.82) is 0 Å². The van der Waals surface area contributed by atoms with Crippen molar-refractivity contribution < 1.29 is 14.6 Å². The third-order valence-electron chi connectivity index (χ3n) is 2.67. The predicted octanol–water partition coefficient (Wildman–Crippen LogP) is 1.98. The molecule has 4 heteroatoms. The number of rotatable bonds is 3. The molecule has 0 radical (unpaired) electrons. The number of halogens is 1. The van der Waals surface area contributed by atoms with Crippen LogP contribution in [-0.2, 0) is 16.0 Å². The van der Waals surface area contributed by atoms with Crippen LogP contribution in [0, 0.1) is 5.41 Å². The molecule has 0 spiro atoms. The molecule has 0 saturated carbocycles. The van der Waals surface area contributed by atoms with Crippen LogP contribution in [0.1, 0.15) is 5.56 Å². The Labute approximate surface area is 92.6 Å². The van der Waals surface area contributed by atoms with Crippen LogP contribution in [-0.4, -0.2) is 24.3 Å². The maximum atomic E-state index is 11.1. The molecule has 0 aromatic heterocycles. The highest BCUT2D eigenvalue weighted by molar-refractivity contribution is 6.30. The minimum Gasteiger partial charge on any atom is -0.481 e. The Hall–Kier alpha value is -1.06. The van der Waals surface area contributed by atoms with E-state index in [1.807, 2.05) is 12.1 Å². The van der Waals surface area contributed by atoms with Gasteiger partial charge in [-0.3, -0.25) is 4.79 Å². The van der Waals surface area contributed by atoms with Gasteiger partial charge < -0.3 is 9.84 Å². The molecule has 1 aliphatic rings. The molecule has 0 unspecified atom stereocenters. The molecule has 1 aromatic rings. The normalized spacial score (nSPS) is 18.2. The lowest BCUT2D eigenvalue weighted by molar-refractivity contribution is -0.179. The molecule has 1 saturated heterocycles. The Kier molecular flexibility index (Phi) is 2.67. The van der Waals surface area contributed by atoms with E-state index in [0.29, 0.717) is 24.7 Å². The summed E-state index contributed by atoms with van der Waals surface area (Å²) in [5.41, 5.74) is 0.249. The van der Waals surface area contributed by atoms with Gasteiger partial charge >= 0.3 is 5.97 Å². The largest absolute Gasteiger partial charge is 0.481 e. The van der Waals surface area contributed by atoms with Crippen molar-refractivity contribution in [3.05, 3.63) is 34.9 Å². The molecule has 2 rings (SSSR count). The minimum atomic E-state index is -0.788. The fraction of sp³-hybridized carbons (Fsp3) is 0.364. The van der Waals surface area contributed by atoms with Crippen molar-refractivity contribution in [3.63, 3.8) is 0 Å². The molecule has 1 N–H and O–H groups in total. The highest BCUT2D eigenvalue weighted by Gasteiger charge is 2.46. The standard InChI is InChI=1S/C11H11ClO3/c12-9-3-1-8(2-4-9)5-11(10(13)14)6-15-7-11/h1-4H,5-7H2,(H,13,14). The van der Waals surface area contributed by atoms with E-state index < -0.39 is 11.4 Å². The lowest BCUT2D eigenvalue weighted by Gasteiger charge is -2.37. The van der Waals surface area contributed by atoms with Crippen LogP contribution in [0.15, 0.2) is 24.3 Å². The van der Waals surface area contributed by atoms with Gasteiger partial charge in [0.25, 0.3) is 0 Å². The number of aliphatic carboxylic acids is 1. The molecule has 1 aromatic carbocycles. The number of carbonyl (C=O) groups is 1. The first kappa shape index (κ1) is 10.5. The average Bonchev–Trinajstić information content (AvgIpc) is 2.13. The zero-order chi connectivity index (χ0) is 10.9. The van der Waals surface area contributed by atoms with E-state index in [9.17, 15) is 4.79 Å². The van der Waals surface area contributed by atoms with Gasteiger partial charge in [0.1, 0.15) is 5.41 Å². The minimum absolute atomic E-state index is 0.297.